The Morgan fingerprint density at radius 1 is 1.32 bits per heavy atom. The van der Waals surface area contributed by atoms with Crippen molar-refractivity contribution in [1.29, 1.82) is 0 Å². The maximum Gasteiger partial charge on any atom is 0.0703 e. The van der Waals surface area contributed by atoms with E-state index in [0.29, 0.717) is 6.61 Å². The van der Waals surface area contributed by atoms with Crippen molar-refractivity contribution >= 4 is 0 Å². The molecule has 3 heteroatoms. The third-order valence-corrected chi connectivity index (χ3v) is 3.93. The maximum atomic E-state index is 8.83. The number of aryl methyl sites for hydroxylation is 2. The molecule has 1 aliphatic rings. The number of likely N-dealkylation sites (tertiary alicyclic amines) is 1. The topological polar surface area (TPSA) is 32.7 Å². The molecule has 0 aromatic heterocycles. The largest absolute Gasteiger partial charge is 0.394 e. The normalized spacial score (nSPS) is 20.7. The number of aliphatic hydroxyl groups is 1. The molecule has 0 unspecified atom stereocenters. The minimum atomic E-state index is 0.118. The number of hydrogen-bond donors (Lipinski definition) is 1. The highest BCUT2D eigenvalue weighted by Crippen LogP contribution is 2.20. The second-order valence-electron chi connectivity index (χ2n) is 5.46. The van der Waals surface area contributed by atoms with E-state index in [4.69, 9.17) is 9.84 Å². The molecule has 0 amide bonds. The Morgan fingerprint density at radius 2 is 2.05 bits per heavy atom. The van der Waals surface area contributed by atoms with E-state index in [0.717, 1.165) is 26.1 Å². The van der Waals surface area contributed by atoms with Gasteiger partial charge in [0, 0.05) is 13.1 Å². The third kappa shape index (κ3) is 4.03. The first kappa shape index (κ1) is 14.5. The summed E-state index contributed by atoms with van der Waals surface area (Å²) >= 11 is 0. The van der Waals surface area contributed by atoms with Crippen LogP contribution in [0.2, 0.25) is 0 Å². The first-order valence-corrected chi connectivity index (χ1v) is 7.20. The van der Waals surface area contributed by atoms with Crippen molar-refractivity contribution in [2.24, 2.45) is 0 Å². The summed E-state index contributed by atoms with van der Waals surface area (Å²) in [6.07, 6.45) is 2.58. The van der Waals surface area contributed by atoms with Gasteiger partial charge in [-0.1, -0.05) is 18.2 Å². The van der Waals surface area contributed by atoms with Crippen LogP contribution in [0.4, 0.5) is 0 Å². The van der Waals surface area contributed by atoms with Crippen molar-refractivity contribution in [3.05, 3.63) is 34.9 Å². The van der Waals surface area contributed by atoms with Gasteiger partial charge in [0.1, 0.15) is 0 Å². The molecule has 1 aliphatic heterocycles. The summed E-state index contributed by atoms with van der Waals surface area (Å²) in [7, 11) is 0. The van der Waals surface area contributed by atoms with Crippen LogP contribution in [0.1, 0.15) is 29.5 Å². The van der Waals surface area contributed by atoms with Gasteiger partial charge in [0.15, 0.2) is 0 Å². The van der Waals surface area contributed by atoms with Crippen LogP contribution in [-0.4, -0.2) is 42.4 Å². The van der Waals surface area contributed by atoms with Gasteiger partial charge in [-0.25, -0.2) is 0 Å². The lowest BCUT2D eigenvalue weighted by molar-refractivity contribution is -0.0163. The first-order chi connectivity index (χ1) is 9.20. The molecule has 0 aliphatic carbocycles. The molecule has 0 saturated carbocycles. The minimum absolute atomic E-state index is 0.118. The van der Waals surface area contributed by atoms with Gasteiger partial charge in [-0.15, -0.1) is 0 Å². The molecular weight excluding hydrogens is 238 g/mol. The molecule has 1 atom stereocenters. The molecule has 0 bridgehead atoms. The van der Waals surface area contributed by atoms with Gasteiger partial charge in [-0.05, 0) is 49.9 Å². The van der Waals surface area contributed by atoms with E-state index >= 15 is 0 Å². The van der Waals surface area contributed by atoms with E-state index in [1.807, 2.05) is 0 Å². The van der Waals surface area contributed by atoms with Crippen molar-refractivity contribution < 1.29 is 9.84 Å². The number of rotatable bonds is 5. The molecule has 1 saturated heterocycles. The van der Waals surface area contributed by atoms with Crippen molar-refractivity contribution in [2.75, 3.05) is 26.3 Å². The van der Waals surface area contributed by atoms with Gasteiger partial charge in [0.05, 0.1) is 19.3 Å². The van der Waals surface area contributed by atoms with Gasteiger partial charge in [-0.3, -0.25) is 4.90 Å². The highest BCUT2D eigenvalue weighted by molar-refractivity contribution is 5.33. The fourth-order valence-corrected chi connectivity index (χ4v) is 2.83. The Kier molecular flexibility index (Phi) is 5.37. The predicted octanol–water partition coefficient (Wildman–Crippen LogP) is 2.28. The summed E-state index contributed by atoms with van der Waals surface area (Å²) in [6.45, 7) is 8.09. The van der Waals surface area contributed by atoms with Crippen molar-refractivity contribution in [2.45, 2.75) is 39.3 Å². The Bertz CT molecular complexity index is 385. The zero-order chi connectivity index (χ0) is 13.7. The summed E-state index contributed by atoms with van der Waals surface area (Å²) in [5.74, 6) is 0. The molecule has 0 radical (unpaired) electrons. The molecule has 1 fully saturated rings. The average molecular weight is 263 g/mol. The van der Waals surface area contributed by atoms with Gasteiger partial charge in [0.25, 0.3) is 0 Å². The van der Waals surface area contributed by atoms with Crippen LogP contribution >= 0.6 is 0 Å². The molecule has 1 N–H and O–H groups in total. The van der Waals surface area contributed by atoms with Crippen LogP contribution < -0.4 is 0 Å². The van der Waals surface area contributed by atoms with E-state index in [1.54, 1.807) is 0 Å². The van der Waals surface area contributed by atoms with Crippen LogP contribution in [0.25, 0.3) is 0 Å². The summed E-state index contributed by atoms with van der Waals surface area (Å²) in [5, 5.41) is 8.83. The van der Waals surface area contributed by atoms with E-state index < -0.39 is 0 Å². The summed E-state index contributed by atoms with van der Waals surface area (Å²) in [6, 6.07) is 6.50. The monoisotopic (exact) mass is 263 g/mol. The molecule has 2 rings (SSSR count). The van der Waals surface area contributed by atoms with Crippen molar-refractivity contribution in [1.82, 2.24) is 4.90 Å². The molecule has 3 nitrogen and oxygen atoms in total. The summed E-state index contributed by atoms with van der Waals surface area (Å²) in [5.41, 5.74) is 4.20. The number of benzene rings is 1. The predicted molar refractivity (Wildman–Crippen MR) is 77.3 cm³/mol. The highest BCUT2D eigenvalue weighted by Gasteiger charge is 2.21. The lowest BCUT2D eigenvalue weighted by atomic mass is 10.0. The number of hydrogen-bond acceptors (Lipinski definition) is 3. The van der Waals surface area contributed by atoms with Crippen molar-refractivity contribution in [3.8, 4) is 0 Å². The van der Waals surface area contributed by atoms with E-state index in [2.05, 4.69) is 36.9 Å². The fraction of sp³-hybridized carbons (Fsp3) is 0.625. The minimum Gasteiger partial charge on any atom is -0.394 e. The van der Waals surface area contributed by atoms with E-state index in [1.165, 1.54) is 23.1 Å². The molecular formula is C16H25NO2. The summed E-state index contributed by atoms with van der Waals surface area (Å²) < 4.78 is 5.67. The Labute approximate surface area is 116 Å². The van der Waals surface area contributed by atoms with Gasteiger partial charge in [-0.2, -0.15) is 0 Å². The van der Waals surface area contributed by atoms with Crippen LogP contribution in [0, 0.1) is 13.8 Å². The van der Waals surface area contributed by atoms with Gasteiger partial charge >= 0.3 is 0 Å². The first-order valence-electron chi connectivity index (χ1n) is 7.20. The van der Waals surface area contributed by atoms with Gasteiger partial charge in [0.2, 0.25) is 0 Å². The van der Waals surface area contributed by atoms with Crippen LogP contribution in [0.15, 0.2) is 18.2 Å². The van der Waals surface area contributed by atoms with Crippen molar-refractivity contribution in [3.63, 3.8) is 0 Å². The smallest absolute Gasteiger partial charge is 0.0703 e. The Morgan fingerprint density at radius 3 is 2.74 bits per heavy atom. The number of piperidine rings is 1. The molecule has 0 spiro atoms. The van der Waals surface area contributed by atoms with Gasteiger partial charge < -0.3 is 9.84 Å². The standard InChI is InChI=1S/C16H25NO2/c1-13-5-3-6-14(2)16(13)12-17-8-4-7-15(11-17)19-10-9-18/h3,5-6,15,18H,4,7-12H2,1-2H3/t15-/m1/s1. The molecule has 1 aromatic carbocycles. The zero-order valence-corrected chi connectivity index (χ0v) is 12.1. The van der Waals surface area contributed by atoms with Crippen LogP contribution in [0.3, 0.4) is 0 Å². The second-order valence-corrected chi connectivity index (χ2v) is 5.46. The lowest BCUT2D eigenvalue weighted by Gasteiger charge is -2.33. The Hall–Kier alpha value is -0.900. The second kappa shape index (κ2) is 7.04. The quantitative estimate of drug-likeness (QED) is 0.884. The number of ether oxygens (including phenoxy) is 1. The lowest BCUT2D eigenvalue weighted by Crippen LogP contribution is -2.39. The number of aliphatic hydroxyl groups excluding tert-OH is 1. The number of nitrogens with zero attached hydrogens (tertiary/aromatic N) is 1. The Balaban J connectivity index is 1.95. The fourth-order valence-electron chi connectivity index (χ4n) is 2.83. The molecule has 1 aromatic rings. The zero-order valence-electron chi connectivity index (χ0n) is 12.1. The van der Waals surface area contributed by atoms with Crippen LogP contribution in [0.5, 0.6) is 0 Å². The van der Waals surface area contributed by atoms with Crippen LogP contribution in [-0.2, 0) is 11.3 Å². The highest BCUT2D eigenvalue weighted by atomic mass is 16.5. The maximum absolute atomic E-state index is 8.83. The SMILES string of the molecule is Cc1cccc(C)c1CN1CCC[C@@H](OCCO)C1. The van der Waals surface area contributed by atoms with E-state index in [-0.39, 0.29) is 12.7 Å². The molecule has 106 valence electrons. The summed E-state index contributed by atoms with van der Waals surface area (Å²) in [4.78, 5) is 2.47. The average Bonchev–Trinajstić information content (AvgIpc) is 2.41. The van der Waals surface area contributed by atoms with E-state index in [9.17, 15) is 0 Å². The molecule has 1 heterocycles. The molecule has 19 heavy (non-hydrogen) atoms. The third-order valence-electron chi connectivity index (χ3n) is 3.93.